The van der Waals surface area contributed by atoms with Crippen LogP contribution >= 0.6 is 0 Å². The van der Waals surface area contributed by atoms with Crippen LogP contribution in [0.1, 0.15) is 31.7 Å². The molecule has 24 heavy (non-hydrogen) atoms. The molecule has 2 heterocycles. The zero-order valence-electron chi connectivity index (χ0n) is 14.4. The number of benzene rings is 1. The van der Waals surface area contributed by atoms with Crippen LogP contribution < -0.4 is 10.9 Å². The van der Waals surface area contributed by atoms with E-state index in [1.165, 1.54) is 5.56 Å². The zero-order chi connectivity index (χ0) is 16.9. The Balaban J connectivity index is 1.49. The first-order chi connectivity index (χ1) is 11.7. The summed E-state index contributed by atoms with van der Waals surface area (Å²) >= 11 is 0. The number of amides is 1. The van der Waals surface area contributed by atoms with Gasteiger partial charge in [-0.15, -0.1) is 0 Å². The molecule has 2 saturated heterocycles. The summed E-state index contributed by atoms with van der Waals surface area (Å²) in [5.74, 6) is 0.590. The Hall–Kier alpha value is -1.43. The number of hydrazine groups is 1. The van der Waals surface area contributed by atoms with Gasteiger partial charge in [0.1, 0.15) is 0 Å². The maximum atomic E-state index is 12.7. The molecule has 0 spiro atoms. The van der Waals surface area contributed by atoms with Gasteiger partial charge in [-0.1, -0.05) is 37.3 Å². The van der Waals surface area contributed by atoms with Crippen molar-refractivity contribution in [1.82, 2.24) is 15.8 Å². The number of nitrogens with zero attached hydrogens (tertiary/aromatic N) is 1. The van der Waals surface area contributed by atoms with Crippen LogP contribution in [0, 0.1) is 11.8 Å². The molecule has 3 unspecified atom stereocenters. The molecule has 132 valence electrons. The van der Waals surface area contributed by atoms with Crippen LogP contribution in [0.3, 0.4) is 0 Å². The lowest BCUT2D eigenvalue weighted by atomic mass is 9.87. The van der Waals surface area contributed by atoms with E-state index in [4.69, 9.17) is 0 Å². The van der Waals surface area contributed by atoms with Crippen molar-refractivity contribution in [2.75, 3.05) is 19.6 Å². The fraction of sp³-hybridized carbons (Fsp3) is 0.632. The summed E-state index contributed by atoms with van der Waals surface area (Å²) < 4.78 is 0. The van der Waals surface area contributed by atoms with E-state index in [0.717, 1.165) is 32.4 Å². The fourth-order valence-corrected chi connectivity index (χ4v) is 3.95. The Kier molecular flexibility index (Phi) is 5.87. The highest BCUT2D eigenvalue weighted by Crippen LogP contribution is 2.25. The van der Waals surface area contributed by atoms with Crippen LogP contribution in [0.2, 0.25) is 0 Å². The van der Waals surface area contributed by atoms with Gasteiger partial charge in [-0.3, -0.25) is 15.6 Å². The van der Waals surface area contributed by atoms with E-state index >= 15 is 0 Å². The normalized spacial score (nSPS) is 26.5. The number of carbonyl (C=O) groups is 1. The van der Waals surface area contributed by atoms with Crippen molar-refractivity contribution >= 4 is 5.91 Å². The molecule has 1 aromatic carbocycles. The van der Waals surface area contributed by atoms with Crippen LogP contribution in [0.5, 0.6) is 0 Å². The van der Waals surface area contributed by atoms with Gasteiger partial charge in [0.05, 0.1) is 12.0 Å². The summed E-state index contributed by atoms with van der Waals surface area (Å²) in [6.45, 7) is 4.36. The van der Waals surface area contributed by atoms with Gasteiger partial charge in [-0.25, -0.2) is 0 Å². The number of aliphatic hydroxyl groups is 1. The lowest BCUT2D eigenvalue weighted by molar-refractivity contribution is -0.137. The highest BCUT2D eigenvalue weighted by atomic mass is 16.3. The molecular weight excluding hydrogens is 302 g/mol. The molecule has 0 saturated carbocycles. The molecule has 3 atom stereocenters. The van der Waals surface area contributed by atoms with Gasteiger partial charge in [0, 0.05) is 25.7 Å². The van der Waals surface area contributed by atoms with Gasteiger partial charge in [-0.2, -0.15) is 0 Å². The quantitative estimate of drug-likeness (QED) is 0.762. The second kappa shape index (κ2) is 8.10. The Bertz CT molecular complexity index is 529. The smallest absolute Gasteiger partial charge is 0.228 e. The summed E-state index contributed by atoms with van der Waals surface area (Å²) in [6, 6.07) is 10.4. The second-order valence-corrected chi connectivity index (χ2v) is 7.07. The van der Waals surface area contributed by atoms with Gasteiger partial charge in [0.2, 0.25) is 5.91 Å². The molecule has 2 aliphatic heterocycles. The van der Waals surface area contributed by atoms with Crippen LogP contribution in [0.25, 0.3) is 0 Å². The molecule has 2 fully saturated rings. The largest absolute Gasteiger partial charge is 0.392 e. The number of rotatable bonds is 5. The third-order valence-electron chi connectivity index (χ3n) is 5.54. The van der Waals surface area contributed by atoms with Crippen molar-refractivity contribution in [3.8, 4) is 0 Å². The van der Waals surface area contributed by atoms with Gasteiger partial charge < -0.3 is 10.0 Å². The van der Waals surface area contributed by atoms with E-state index in [2.05, 4.69) is 29.9 Å². The average molecular weight is 331 g/mol. The van der Waals surface area contributed by atoms with Crippen LogP contribution in [0.4, 0.5) is 0 Å². The highest BCUT2D eigenvalue weighted by Gasteiger charge is 2.36. The number of hydrogen-bond donors (Lipinski definition) is 3. The highest BCUT2D eigenvalue weighted by molar-refractivity contribution is 5.80. The monoisotopic (exact) mass is 331 g/mol. The summed E-state index contributed by atoms with van der Waals surface area (Å²) in [7, 11) is 0. The number of hydrogen-bond acceptors (Lipinski definition) is 4. The summed E-state index contributed by atoms with van der Waals surface area (Å²) in [4.78, 5) is 14.7. The lowest BCUT2D eigenvalue weighted by Gasteiger charge is -2.36. The van der Waals surface area contributed by atoms with Crippen molar-refractivity contribution in [2.24, 2.45) is 11.8 Å². The number of likely N-dealkylation sites (tertiary alicyclic amines) is 1. The number of nitrogens with one attached hydrogen (secondary N) is 2. The van der Waals surface area contributed by atoms with Crippen LogP contribution in [-0.2, 0) is 11.2 Å². The van der Waals surface area contributed by atoms with Crippen molar-refractivity contribution in [3.05, 3.63) is 35.9 Å². The minimum Gasteiger partial charge on any atom is -0.392 e. The molecule has 3 rings (SSSR count). The van der Waals surface area contributed by atoms with Gasteiger partial charge in [0.25, 0.3) is 0 Å². The minimum absolute atomic E-state index is 0.0424. The molecule has 0 bridgehead atoms. The first-order valence-corrected chi connectivity index (χ1v) is 9.18. The van der Waals surface area contributed by atoms with E-state index in [-0.39, 0.29) is 29.9 Å². The van der Waals surface area contributed by atoms with E-state index in [1.807, 2.05) is 23.1 Å². The van der Waals surface area contributed by atoms with E-state index in [1.54, 1.807) is 0 Å². The number of aliphatic hydroxyl groups excluding tert-OH is 1. The fourth-order valence-electron chi connectivity index (χ4n) is 3.95. The molecule has 0 aromatic heterocycles. The molecule has 0 aliphatic carbocycles. The van der Waals surface area contributed by atoms with Gasteiger partial charge in [0.15, 0.2) is 0 Å². The number of carbonyl (C=O) groups excluding carboxylic acids is 1. The molecule has 0 radical (unpaired) electrons. The predicted molar refractivity (Wildman–Crippen MR) is 94.2 cm³/mol. The van der Waals surface area contributed by atoms with Crippen molar-refractivity contribution in [1.29, 1.82) is 0 Å². The Morgan fingerprint density at radius 3 is 2.67 bits per heavy atom. The SMILES string of the molecule is CCC1NNCC1C(=O)N1CCC(C(O)Cc2ccccc2)CC1. The molecule has 1 aromatic rings. The molecule has 1 amide bonds. The summed E-state index contributed by atoms with van der Waals surface area (Å²) in [6.07, 6.45) is 3.13. The molecular formula is C19H29N3O2. The first-order valence-electron chi connectivity index (χ1n) is 9.18. The van der Waals surface area contributed by atoms with E-state index in [0.29, 0.717) is 13.0 Å². The average Bonchev–Trinajstić information content (AvgIpc) is 3.11. The maximum Gasteiger partial charge on any atom is 0.228 e. The molecule has 5 nitrogen and oxygen atoms in total. The Morgan fingerprint density at radius 1 is 1.29 bits per heavy atom. The molecule has 5 heteroatoms. The van der Waals surface area contributed by atoms with Crippen LogP contribution in [-0.4, -0.2) is 47.7 Å². The van der Waals surface area contributed by atoms with Gasteiger partial charge in [-0.05, 0) is 37.2 Å². The predicted octanol–water partition coefficient (Wildman–Crippen LogP) is 1.33. The maximum absolute atomic E-state index is 12.7. The zero-order valence-corrected chi connectivity index (χ0v) is 14.4. The summed E-state index contributed by atoms with van der Waals surface area (Å²) in [5, 5.41) is 10.5. The Morgan fingerprint density at radius 2 is 2.00 bits per heavy atom. The van der Waals surface area contributed by atoms with E-state index < -0.39 is 0 Å². The third kappa shape index (κ3) is 3.97. The van der Waals surface area contributed by atoms with Crippen molar-refractivity contribution in [3.63, 3.8) is 0 Å². The second-order valence-electron chi connectivity index (χ2n) is 7.07. The van der Waals surface area contributed by atoms with Crippen molar-refractivity contribution < 1.29 is 9.90 Å². The Labute approximate surface area is 144 Å². The summed E-state index contributed by atoms with van der Waals surface area (Å²) in [5.41, 5.74) is 7.48. The third-order valence-corrected chi connectivity index (χ3v) is 5.54. The number of piperidine rings is 1. The van der Waals surface area contributed by atoms with E-state index in [9.17, 15) is 9.90 Å². The standard InChI is InChI=1S/C19H29N3O2/c1-2-17-16(13-20-21-17)19(24)22-10-8-15(9-11-22)18(23)12-14-6-4-3-5-7-14/h3-7,15-18,20-21,23H,2,8-13H2,1H3. The molecule has 3 N–H and O–H groups in total. The minimum atomic E-state index is -0.317. The molecule has 2 aliphatic rings. The first kappa shape index (κ1) is 17.4. The van der Waals surface area contributed by atoms with Gasteiger partial charge >= 0.3 is 0 Å². The van der Waals surface area contributed by atoms with Crippen LogP contribution in [0.15, 0.2) is 30.3 Å². The topological polar surface area (TPSA) is 64.6 Å². The lowest BCUT2D eigenvalue weighted by Crippen LogP contribution is -2.47. The van der Waals surface area contributed by atoms with Crippen molar-refractivity contribution in [2.45, 2.75) is 44.8 Å².